The zero-order valence-electron chi connectivity index (χ0n) is 15.7. The maximum atomic E-state index is 13.4. The molecule has 2 aromatic heterocycles. The average Bonchev–Trinajstić information content (AvgIpc) is 3.16. The lowest BCUT2D eigenvalue weighted by atomic mass is 10.2. The number of benzene rings is 2. The van der Waals surface area contributed by atoms with Gasteiger partial charge in [-0.25, -0.2) is 4.98 Å². The Kier molecular flexibility index (Phi) is 5.74. The van der Waals surface area contributed by atoms with Gasteiger partial charge in [0, 0.05) is 16.8 Å². The summed E-state index contributed by atoms with van der Waals surface area (Å²) in [5.74, 6) is 0.582. The predicted octanol–water partition coefficient (Wildman–Crippen LogP) is 5.59. The lowest BCUT2D eigenvalue weighted by Crippen LogP contribution is -2.30. The molecule has 1 amide bonds. The summed E-state index contributed by atoms with van der Waals surface area (Å²) in [6.45, 7) is 2.82. The number of hydrogen-bond donors (Lipinski definition) is 0. The van der Waals surface area contributed by atoms with E-state index in [1.54, 1.807) is 41.4 Å². The molecule has 29 heavy (non-hydrogen) atoms. The molecule has 5 nitrogen and oxygen atoms in total. The van der Waals surface area contributed by atoms with Crippen molar-refractivity contribution in [1.29, 1.82) is 0 Å². The van der Waals surface area contributed by atoms with Gasteiger partial charge in [0.15, 0.2) is 5.13 Å². The van der Waals surface area contributed by atoms with Gasteiger partial charge in [0.2, 0.25) is 0 Å². The standard InChI is InChI=1S/C22H18ClN3O2S/c1-2-28-18-9-6-15(7-10-18)21(27)26(14-17-5-3-4-12-24-17)22-25-19-11-8-16(23)13-20(19)29-22/h3-13H,2,14H2,1H3. The molecule has 0 radical (unpaired) electrons. The molecule has 0 aliphatic carbocycles. The van der Waals surface area contributed by atoms with Gasteiger partial charge in [-0.2, -0.15) is 0 Å². The zero-order valence-corrected chi connectivity index (χ0v) is 17.3. The molecule has 2 aromatic carbocycles. The van der Waals surface area contributed by atoms with Crippen molar-refractivity contribution in [3.8, 4) is 5.75 Å². The van der Waals surface area contributed by atoms with Crippen LogP contribution in [0.5, 0.6) is 5.75 Å². The lowest BCUT2D eigenvalue weighted by Gasteiger charge is -2.19. The van der Waals surface area contributed by atoms with Gasteiger partial charge in [-0.05, 0) is 61.5 Å². The number of anilines is 1. The van der Waals surface area contributed by atoms with E-state index in [-0.39, 0.29) is 5.91 Å². The van der Waals surface area contributed by atoms with Crippen LogP contribution in [0.25, 0.3) is 10.2 Å². The minimum Gasteiger partial charge on any atom is -0.494 e. The second-order valence-corrected chi connectivity index (χ2v) is 7.72. The smallest absolute Gasteiger partial charge is 0.260 e. The number of thiazole rings is 1. The van der Waals surface area contributed by atoms with Crippen molar-refractivity contribution >= 4 is 44.2 Å². The van der Waals surface area contributed by atoms with E-state index >= 15 is 0 Å². The Hall–Kier alpha value is -2.96. The molecule has 4 rings (SSSR count). The molecule has 0 unspecified atom stereocenters. The third-order valence-corrected chi connectivity index (χ3v) is 5.55. The number of amides is 1. The molecule has 0 N–H and O–H groups in total. The van der Waals surface area contributed by atoms with Crippen LogP contribution in [0.2, 0.25) is 5.02 Å². The van der Waals surface area contributed by atoms with Gasteiger partial charge in [-0.3, -0.25) is 14.7 Å². The zero-order chi connectivity index (χ0) is 20.2. The van der Waals surface area contributed by atoms with Gasteiger partial charge < -0.3 is 4.74 Å². The van der Waals surface area contributed by atoms with Gasteiger partial charge in [-0.15, -0.1) is 0 Å². The Bertz CT molecular complexity index is 1130. The highest BCUT2D eigenvalue weighted by molar-refractivity contribution is 7.22. The Morgan fingerprint density at radius 3 is 2.69 bits per heavy atom. The number of ether oxygens (including phenoxy) is 1. The molecule has 0 atom stereocenters. The average molecular weight is 424 g/mol. The highest BCUT2D eigenvalue weighted by atomic mass is 35.5. The Labute approximate surface area is 177 Å². The number of carbonyl (C=O) groups is 1. The maximum Gasteiger partial charge on any atom is 0.260 e. The van der Waals surface area contributed by atoms with Crippen molar-refractivity contribution in [2.75, 3.05) is 11.5 Å². The van der Waals surface area contributed by atoms with Crippen molar-refractivity contribution in [3.63, 3.8) is 0 Å². The van der Waals surface area contributed by atoms with Crippen molar-refractivity contribution in [1.82, 2.24) is 9.97 Å². The SMILES string of the molecule is CCOc1ccc(C(=O)N(Cc2ccccn2)c2nc3ccc(Cl)cc3s2)cc1. The number of pyridine rings is 1. The summed E-state index contributed by atoms with van der Waals surface area (Å²) in [7, 11) is 0. The van der Waals surface area contributed by atoms with E-state index < -0.39 is 0 Å². The van der Waals surface area contributed by atoms with Crippen LogP contribution < -0.4 is 9.64 Å². The quantitative estimate of drug-likeness (QED) is 0.405. The highest BCUT2D eigenvalue weighted by Crippen LogP contribution is 2.32. The van der Waals surface area contributed by atoms with E-state index in [9.17, 15) is 4.79 Å². The first-order chi connectivity index (χ1) is 14.1. The largest absolute Gasteiger partial charge is 0.494 e. The highest BCUT2D eigenvalue weighted by Gasteiger charge is 2.22. The van der Waals surface area contributed by atoms with Crippen LogP contribution in [0, 0.1) is 0 Å². The van der Waals surface area contributed by atoms with Gasteiger partial charge in [0.05, 0.1) is 29.1 Å². The first kappa shape index (κ1) is 19.4. The molecule has 0 fully saturated rings. The monoisotopic (exact) mass is 423 g/mol. The van der Waals surface area contributed by atoms with Crippen LogP contribution in [0.3, 0.4) is 0 Å². The van der Waals surface area contributed by atoms with Gasteiger partial charge in [-0.1, -0.05) is 29.0 Å². The van der Waals surface area contributed by atoms with E-state index in [1.807, 2.05) is 37.3 Å². The first-order valence-electron chi connectivity index (χ1n) is 9.15. The van der Waals surface area contributed by atoms with Crippen molar-refractivity contribution in [2.45, 2.75) is 13.5 Å². The number of aromatic nitrogens is 2. The summed E-state index contributed by atoms with van der Waals surface area (Å²) in [5, 5.41) is 1.24. The molecular weight excluding hydrogens is 406 g/mol. The molecule has 146 valence electrons. The van der Waals surface area contributed by atoms with Crippen LogP contribution >= 0.6 is 22.9 Å². The molecule has 0 aliphatic heterocycles. The van der Waals surface area contributed by atoms with Gasteiger partial charge in [0.25, 0.3) is 5.91 Å². The van der Waals surface area contributed by atoms with E-state index in [0.717, 1.165) is 21.7 Å². The molecule has 4 aromatic rings. The van der Waals surface area contributed by atoms with E-state index in [1.165, 1.54) is 11.3 Å². The van der Waals surface area contributed by atoms with E-state index in [0.29, 0.717) is 28.9 Å². The van der Waals surface area contributed by atoms with Gasteiger partial charge in [0.1, 0.15) is 5.75 Å². The lowest BCUT2D eigenvalue weighted by molar-refractivity contribution is 0.0985. The molecule has 0 saturated carbocycles. The van der Waals surface area contributed by atoms with Gasteiger partial charge >= 0.3 is 0 Å². The molecule has 0 bridgehead atoms. The van der Waals surface area contributed by atoms with Crippen LogP contribution in [0.15, 0.2) is 66.9 Å². The second kappa shape index (κ2) is 8.59. The fraction of sp³-hybridized carbons (Fsp3) is 0.136. The number of halogens is 1. The summed E-state index contributed by atoms with van der Waals surface area (Å²) in [6.07, 6.45) is 1.72. The first-order valence-corrected chi connectivity index (χ1v) is 10.3. The predicted molar refractivity (Wildman–Crippen MR) is 117 cm³/mol. The summed E-state index contributed by atoms with van der Waals surface area (Å²) < 4.78 is 6.40. The summed E-state index contributed by atoms with van der Waals surface area (Å²) in [4.78, 5) is 24.0. The number of nitrogens with zero attached hydrogens (tertiary/aromatic N) is 3. The fourth-order valence-corrected chi connectivity index (χ4v) is 4.14. The summed E-state index contributed by atoms with van der Waals surface area (Å²) >= 11 is 7.54. The van der Waals surface area contributed by atoms with Crippen LogP contribution in [-0.4, -0.2) is 22.5 Å². The molecule has 2 heterocycles. The van der Waals surface area contributed by atoms with Crippen molar-refractivity contribution in [2.24, 2.45) is 0 Å². The molecule has 0 spiro atoms. The summed E-state index contributed by atoms with van der Waals surface area (Å²) in [5.41, 5.74) is 2.14. The molecule has 7 heteroatoms. The van der Waals surface area contributed by atoms with Crippen LogP contribution in [-0.2, 0) is 6.54 Å². The number of fused-ring (bicyclic) bond motifs is 1. The van der Waals surface area contributed by atoms with Crippen LogP contribution in [0.4, 0.5) is 5.13 Å². The Balaban J connectivity index is 1.71. The minimum atomic E-state index is -0.149. The number of carbonyl (C=O) groups excluding carboxylic acids is 1. The van der Waals surface area contributed by atoms with Crippen LogP contribution in [0.1, 0.15) is 23.0 Å². The second-order valence-electron chi connectivity index (χ2n) is 6.28. The van der Waals surface area contributed by atoms with E-state index in [4.69, 9.17) is 16.3 Å². The van der Waals surface area contributed by atoms with E-state index in [2.05, 4.69) is 9.97 Å². The Morgan fingerprint density at radius 2 is 1.97 bits per heavy atom. The fourth-order valence-electron chi connectivity index (χ4n) is 2.90. The van der Waals surface area contributed by atoms with Crippen molar-refractivity contribution in [3.05, 3.63) is 83.1 Å². The third kappa shape index (κ3) is 4.39. The summed E-state index contributed by atoms with van der Waals surface area (Å²) in [6, 6.07) is 18.3. The topological polar surface area (TPSA) is 55.3 Å². The van der Waals surface area contributed by atoms with Crippen molar-refractivity contribution < 1.29 is 9.53 Å². The third-order valence-electron chi connectivity index (χ3n) is 4.27. The Morgan fingerprint density at radius 1 is 1.14 bits per heavy atom. The molecule has 0 aliphatic rings. The normalized spacial score (nSPS) is 10.8. The minimum absolute atomic E-state index is 0.149. The molecular formula is C22H18ClN3O2S. The number of hydrogen-bond acceptors (Lipinski definition) is 5. The maximum absolute atomic E-state index is 13.4. The number of rotatable bonds is 6. The molecule has 0 saturated heterocycles.